The summed E-state index contributed by atoms with van der Waals surface area (Å²) in [6.07, 6.45) is 13.1. The summed E-state index contributed by atoms with van der Waals surface area (Å²) in [7, 11) is 0. The largest absolute Gasteiger partial charge is 0.491 e. The summed E-state index contributed by atoms with van der Waals surface area (Å²) in [4.78, 5) is 8.41. The molecule has 0 unspecified atom stereocenters. The number of benzene rings is 1. The van der Waals surface area contributed by atoms with Crippen LogP contribution in [0.1, 0.15) is 64.4 Å². The number of ether oxygens (including phenoxy) is 1. The molecule has 0 atom stereocenters. The van der Waals surface area contributed by atoms with Gasteiger partial charge in [0.05, 0.1) is 12.2 Å². The summed E-state index contributed by atoms with van der Waals surface area (Å²) in [6.45, 7) is 4.22. The fourth-order valence-electron chi connectivity index (χ4n) is 2.88. The van der Waals surface area contributed by atoms with E-state index in [0.717, 1.165) is 18.4 Å². The maximum absolute atomic E-state index is 14.2. The molecule has 0 saturated heterocycles. The van der Waals surface area contributed by atoms with Crippen molar-refractivity contribution in [3.05, 3.63) is 41.7 Å². The van der Waals surface area contributed by atoms with Crippen molar-refractivity contribution in [2.75, 3.05) is 6.61 Å². The van der Waals surface area contributed by atoms with Crippen LogP contribution in [0.4, 0.5) is 8.78 Å². The molecule has 142 valence electrons. The Kier molecular flexibility index (Phi) is 8.45. The Labute approximate surface area is 154 Å². The van der Waals surface area contributed by atoms with E-state index in [4.69, 9.17) is 4.74 Å². The Balaban J connectivity index is 1.90. The SMILES string of the molecule is CCCCCCCCCc1cnc(-c2ccc(OCC)c(F)c2F)nc1. The van der Waals surface area contributed by atoms with Gasteiger partial charge in [-0.2, -0.15) is 4.39 Å². The molecule has 0 spiro atoms. The van der Waals surface area contributed by atoms with E-state index in [2.05, 4.69) is 16.9 Å². The van der Waals surface area contributed by atoms with Crippen LogP contribution < -0.4 is 4.74 Å². The molecule has 0 amide bonds. The summed E-state index contributed by atoms with van der Waals surface area (Å²) in [5.74, 6) is -1.88. The Hall–Kier alpha value is -2.04. The summed E-state index contributed by atoms with van der Waals surface area (Å²) in [6, 6.07) is 2.86. The number of aryl methyl sites for hydroxylation is 1. The van der Waals surface area contributed by atoms with Gasteiger partial charge in [0.2, 0.25) is 5.82 Å². The highest BCUT2D eigenvalue weighted by atomic mass is 19.2. The van der Waals surface area contributed by atoms with Crippen LogP contribution >= 0.6 is 0 Å². The van der Waals surface area contributed by atoms with Gasteiger partial charge in [-0.3, -0.25) is 0 Å². The van der Waals surface area contributed by atoms with Crippen molar-refractivity contribution in [2.45, 2.75) is 65.2 Å². The van der Waals surface area contributed by atoms with Gasteiger partial charge >= 0.3 is 0 Å². The van der Waals surface area contributed by atoms with Crippen molar-refractivity contribution in [3.8, 4) is 17.1 Å². The van der Waals surface area contributed by atoms with Crippen molar-refractivity contribution in [3.63, 3.8) is 0 Å². The molecule has 0 aliphatic heterocycles. The van der Waals surface area contributed by atoms with E-state index in [1.807, 2.05) is 0 Å². The van der Waals surface area contributed by atoms with Crippen molar-refractivity contribution >= 4 is 0 Å². The molecule has 26 heavy (non-hydrogen) atoms. The van der Waals surface area contributed by atoms with Gasteiger partial charge in [0.25, 0.3) is 0 Å². The van der Waals surface area contributed by atoms with E-state index in [9.17, 15) is 8.78 Å². The summed E-state index contributed by atoms with van der Waals surface area (Å²) in [5.41, 5.74) is 1.07. The average molecular weight is 362 g/mol. The molecule has 5 heteroatoms. The van der Waals surface area contributed by atoms with Gasteiger partial charge in [-0.1, -0.05) is 45.4 Å². The molecule has 1 aromatic carbocycles. The molecule has 0 N–H and O–H groups in total. The summed E-state index contributed by atoms with van der Waals surface area (Å²) < 4.78 is 33.2. The standard InChI is InChI=1S/C21H28F2N2O/c1-3-5-6-7-8-9-10-11-16-14-24-21(25-15-16)17-12-13-18(26-4-2)20(23)19(17)22/h12-15H,3-11H2,1-2H3. The molecule has 0 radical (unpaired) electrons. The zero-order valence-corrected chi connectivity index (χ0v) is 15.7. The number of unbranched alkanes of at least 4 members (excludes halogenated alkanes) is 6. The maximum Gasteiger partial charge on any atom is 0.201 e. The monoisotopic (exact) mass is 362 g/mol. The molecule has 3 nitrogen and oxygen atoms in total. The van der Waals surface area contributed by atoms with Crippen molar-refractivity contribution in [1.29, 1.82) is 0 Å². The highest BCUT2D eigenvalue weighted by Gasteiger charge is 2.17. The van der Waals surface area contributed by atoms with Gasteiger partial charge < -0.3 is 4.74 Å². The number of rotatable bonds is 11. The van der Waals surface area contributed by atoms with Crippen molar-refractivity contribution in [2.24, 2.45) is 0 Å². The van der Waals surface area contributed by atoms with Gasteiger partial charge in [-0.25, -0.2) is 14.4 Å². The van der Waals surface area contributed by atoms with Gasteiger partial charge in [-0.05, 0) is 37.5 Å². The minimum Gasteiger partial charge on any atom is -0.491 e. The molecular formula is C21H28F2N2O. The molecule has 1 heterocycles. The van der Waals surface area contributed by atoms with Crippen LogP contribution in [0.3, 0.4) is 0 Å². The van der Waals surface area contributed by atoms with Crippen molar-refractivity contribution in [1.82, 2.24) is 9.97 Å². The molecule has 2 aromatic rings. The fraction of sp³-hybridized carbons (Fsp3) is 0.524. The number of hydrogen-bond donors (Lipinski definition) is 0. The fourth-order valence-corrected chi connectivity index (χ4v) is 2.88. The zero-order valence-electron chi connectivity index (χ0n) is 15.7. The smallest absolute Gasteiger partial charge is 0.201 e. The number of hydrogen-bond acceptors (Lipinski definition) is 3. The predicted molar refractivity (Wildman–Crippen MR) is 100 cm³/mol. The summed E-state index contributed by atoms with van der Waals surface area (Å²) in [5, 5.41) is 0. The number of aromatic nitrogens is 2. The Morgan fingerprint density at radius 1 is 0.846 bits per heavy atom. The highest BCUT2D eigenvalue weighted by Crippen LogP contribution is 2.28. The van der Waals surface area contributed by atoms with Crippen LogP contribution in [0.15, 0.2) is 24.5 Å². The normalized spacial score (nSPS) is 10.9. The minimum atomic E-state index is -1.000. The number of nitrogens with zero attached hydrogens (tertiary/aromatic N) is 2. The summed E-state index contributed by atoms with van der Waals surface area (Å²) >= 11 is 0. The van der Waals surface area contributed by atoms with Crippen LogP contribution in [0.25, 0.3) is 11.4 Å². The van der Waals surface area contributed by atoms with Gasteiger partial charge in [0.15, 0.2) is 17.4 Å². The van der Waals surface area contributed by atoms with Crippen LogP contribution in [0.2, 0.25) is 0 Å². The molecule has 0 aliphatic carbocycles. The second-order valence-corrected chi connectivity index (χ2v) is 6.46. The molecule has 0 saturated carbocycles. The first-order valence-corrected chi connectivity index (χ1v) is 9.59. The Bertz CT molecular complexity index is 674. The first kappa shape index (κ1) is 20.3. The third-order valence-electron chi connectivity index (χ3n) is 4.36. The average Bonchev–Trinajstić information content (AvgIpc) is 2.66. The lowest BCUT2D eigenvalue weighted by Gasteiger charge is -2.08. The lowest BCUT2D eigenvalue weighted by Crippen LogP contribution is -2.00. The topological polar surface area (TPSA) is 35.0 Å². The maximum atomic E-state index is 14.2. The van der Waals surface area contributed by atoms with E-state index in [0.29, 0.717) is 0 Å². The van der Waals surface area contributed by atoms with Crippen LogP contribution in [-0.4, -0.2) is 16.6 Å². The highest BCUT2D eigenvalue weighted by molar-refractivity contribution is 5.57. The molecule has 2 rings (SSSR count). The third-order valence-corrected chi connectivity index (χ3v) is 4.36. The van der Waals surface area contributed by atoms with Gasteiger partial charge in [-0.15, -0.1) is 0 Å². The van der Waals surface area contributed by atoms with Crippen LogP contribution in [-0.2, 0) is 6.42 Å². The van der Waals surface area contributed by atoms with E-state index in [1.165, 1.54) is 50.7 Å². The van der Waals surface area contributed by atoms with Gasteiger partial charge in [0.1, 0.15) is 0 Å². The van der Waals surface area contributed by atoms with Gasteiger partial charge in [0, 0.05) is 12.4 Å². The molecule has 1 aromatic heterocycles. The lowest BCUT2D eigenvalue weighted by molar-refractivity contribution is 0.314. The molecule has 0 fully saturated rings. The Morgan fingerprint density at radius 3 is 2.15 bits per heavy atom. The van der Waals surface area contributed by atoms with E-state index >= 15 is 0 Å². The minimum absolute atomic E-state index is 0.0495. The van der Waals surface area contributed by atoms with Crippen molar-refractivity contribution < 1.29 is 13.5 Å². The first-order chi connectivity index (χ1) is 12.7. The number of halogens is 2. The van der Waals surface area contributed by atoms with E-state index < -0.39 is 11.6 Å². The molecule has 0 bridgehead atoms. The zero-order chi connectivity index (χ0) is 18.8. The quantitative estimate of drug-likeness (QED) is 0.452. The lowest BCUT2D eigenvalue weighted by atomic mass is 10.1. The molecular weight excluding hydrogens is 334 g/mol. The molecule has 0 aliphatic rings. The predicted octanol–water partition coefficient (Wildman–Crippen LogP) is 6.11. The Morgan fingerprint density at radius 2 is 1.50 bits per heavy atom. The first-order valence-electron chi connectivity index (χ1n) is 9.59. The second kappa shape index (κ2) is 10.8. The van der Waals surface area contributed by atoms with Crippen LogP contribution in [0.5, 0.6) is 5.75 Å². The second-order valence-electron chi connectivity index (χ2n) is 6.46. The third kappa shape index (κ3) is 5.75. The van der Waals surface area contributed by atoms with E-state index in [-0.39, 0.29) is 23.7 Å². The van der Waals surface area contributed by atoms with E-state index in [1.54, 1.807) is 19.3 Å². The van der Waals surface area contributed by atoms with Crippen LogP contribution in [0, 0.1) is 11.6 Å².